The van der Waals surface area contributed by atoms with Crippen LogP contribution >= 0.6 is 0 Å². The molecular weight excluding hydrogens is 863 g/mol. The second kappa shape index (κ2) is 19.2. The number of para-hydroxylation sites is 1. The van der Waals surface area contributed by atoms with E-state index < -0.39 is 16.9 Å². The molecule has 0 amide bonds. The van der Waals surface area contributed by atoms with Gasteiger partial charge in [-0.3, -0.25) is 28.3 Å². The first-order valence-corrected chi connectivity index (χ1v) is 26.3. The van der Waals surface area contributed by atoms with E-state index in [0.717, 1.165) is 126 Å². The molecule has 10 aromatic rings. The summed E-state index contributed by atoms with van der Waals surface area (Å²) < 4.78 is 6.79. The number of aromatic nitrogens is 5. The van der Waals surface area contributed by atoms with E-state index in [0.29, 0.717) is 72.5 Å². The van der Waals surface area contributed by atoms with Crippen molar-refractivity contribution in [1.29, 1.82) is 0 Å². The van der Waals surface area contributed by atoms with Crippen LogP contribution in [0.2, 0.25) is 0 Å². The zero-order chi connectivity index (χ0) is 48.1. The number of unbranched alkanes of at least 4 members (excludes halogenated alkanes) is 12. The zero-order valence-electron chi connectivity index (χ0n) is 40.8. The van der Waals surface area contributed by atoms with E-state index in [1.165, 1.54) is 18.2 Å². The Labute approximate surface area is 399 Å². The highest BCUT2D eigenvalue weighted by Crippen LogP contribution is 2.47. The molecule has 0 fully saturated rings. The molecule has 11 heteroatoms. The Kier molecular flexibility index (Phi) is 12.9. The standard InChI is InChI=1S/C58H65N5O6/c1-5-9-13-18-25-36(26-19-14-10-6-2)59-53(64)43-35-42-39-31-24-32-40-45(39)50-49-44(34-33-41(46(42)49)47(43)54(59)65)62-57(68)61(38-29-22-17-23-30-38)58(69)63(62)52(50)51-48(40)55(66)60(56(51)67)37(27-20-15-11-7-3)28-21-16-12-8-4/h17,22-24,29-37H,5-16,18-21,25-28H2,1-4H3. The summed E-state index contributed by atoms with van der Waals surface area (Å²) in [5, 5.41) is 6.18. The van der Waals surface area contributed by atoms with Gasteiger partial charge in [0.05, 0.1) is 38.3 Å². The Morgan fingerprint density at radius 1 is 0.377 bits per heavy atom. The van der Waals surface area contributed by atoms with Crippen LogP contribution in [0, 0.1) is 0 Å². The van der Waals surface area contributed by atoms with Gasteiger partial charge < -0.3 is 0 Å². The maximum Gasteiger partial charge on any atom is 0.356 e. The van der Waals surface area contributed by atoms with Crippen molar-refractivity contribution < 1.29 is 0 Å². The van der Waals surface area contributed by atoms with Crippen LogP contribution in [0.25, 0.3) is 81.4 Å². The SMILES string of the molecule is CCCCCCC(CCCCCC)n1c(=O)c2cc3c4cccc5c6c(=O)n(C(CCCCCC)CCCCCC)c(=O)c6c6c(c45)c4c3c(ccc4n3c(=O)n(-c4ccccc4)c(=O)n63)c2c1=O. The average Bonchev–Trinajstić information content (AvgIpc) is 3.89. The Bertz CT molecular complexity index is 3820. The summed E-state index contributed by atoms with van der Waals surface area (Å²) in [7, 11) is 0. The zero-order valence-corrected chi connectivity index (χ0v) is 40.8. The van der Waals surface area contributed by atoms with Gasteiger partial charge in [-0.15, -0.1) is 0 Å². The van der Waals surface area contributed by atoms with Crippen molar-refractivity contribution in [2.24, 2.45) is 0 Å². The molecule has 0 spiro atoms. The van der Waals surface area contributed by atoms with Crippen molar-refractivity contribution in [3.63, 3.8) is 0 Å². The maximum absolute atomic E-state index is 15.6. The lowest BCUT2D eigenvalue weighted by Crippen LogP contribution is -2.30. The quantitative estimate of drug-likeness (QED) is 0.0357. The molecule has 4 heterocycles. The van der Waals surface area contributed by atoms with Gasteiger partial charge in [0.25, 0.3) is 22.2 Å². The molecule has 11 nitrogen and oxygen atoms in total. The van der Waals surface area contributed by atoms with Crippen LogP contribution in [-0.4, -0.2) is 22.7 Å². The molecule has 6 aromatic carbocycles. The summed E-state index contributed by atoms with van der Waals surface area (Å²) in [6, 6.07) is 19.4. The molecule has 0 aliphatic heterocycles. The third kappa shape index (κ3) is 7.36. The molecule has 0 aliphatic carbocycles. The lowest BCUT2D eigenvalue weighted by Gasteiger charge is -2.19. The predicted molar refractivity (Wildman–Crippen MR) is 284 cm³/mol. The monoisotopic (exact) mass is 927 g/mol. The second-order valence-corrected chi connectivity index (χ2v) is 20.0. The highest BCUT2D eigenvalue weighted by atomic mass is 16.2. The summed E-state index contributed by atoms with van der Waals surface area (Å²) >= 11 is 0. The van der Waals surface area contributed by atoms with Crippen LogP contribution in [0.5, 0.6) is 0 Å². The van der Waals surface area contributed by atoms with E-state index in [4.69, 9.17) is 0 Å². The fourth-order valence-corrected chi connectivity index (χ4v) is 12.2. The van der Waals surface area contributed by atoms with Crippen LogP contribution in [-0.2, 0) is 0 Å². The lowest BCUT2D eigenvalue weighted by atomic mass is 9.86. The molecule has 69 heavy (non-hydrogen) atoms. The molecule has 0 bridgehead atoms. The van der Waals surface area contributed by atoms with Gasteiger partial charge in [0.2, 0.25) is 0 Å². The number of fused-ring (bicyclic) bond motifs is 9. The highest BCUT2D eigenvalue weighted by molar-refractivity contribution is 6.44. The van der Waals surface area contributed by atoms with Crippen molar-refractivity contribution >= 4 is 75.7 Å². The Balaban J connectivity index is 1.35. The van der Waals surface area contributed by atoms with Gasteiger partial charge in [-0.2, -0.15) is 9.03 Å². The molecule has 0 N–H and O–H groups in total. The third-order valence-corrected chi connectivity index (χ3v) is 15.6. The van der Waals surface area contributed by atoms with Gasteiger partial charge >= 0.3 is 11.4 Å². The third-order valence-electron chi connectivity index (χ3n) is 15.6. The minimum absolute atomic E-state index is 0.117. The van der Waals surface area contributed by atoms with Gasteiger partial charge in [0.1, 0.15) is 0 Å². The second-order valence-electron chi connectivity index (χ2n) is 20.0. The normalized spacial score (nSPS) is 12.7. The lowest BCUT2D eigenvalue weighted by molar-refractivity contribution is 0.386. The van der Waals surface area contributed by atoms with Crippen molar-refractivity contribution in [1.82, 2.24) is 22.7 Å². The largest absolute Gasteiger partial charge is 0.356 e. The minimum atomic E-state index is -0.665. The summed E-state index contributed by atoms with van der Waals surface area (Å²) in [5.74, 6) is 0. The number of rotatable bonds is 23. The van der Waals surface area contributed by atoms with E-state index in [9.17, 15) is 4.79 Å². The molecule has 0 radical (unpaired) electrons. The number of hydrogen-bond donors (Lipinski definition) is 0. The molecule has 0 saturated heterocycles. The van der Waals surface area contributed by atoms with Gasteiger partial charge in [-0.1, -0.05) is 173 Å². The molecule has 0 unspecified atom stereocenters. The van der Waals surface area contributed by atoms with Crippen LogP contribution in [0.15, 0.2) is 95.5 Å². The van der Waals surface area contributed by atoms with E-state index in [1.807, 2.05) is 36.4 Å². The van der Waals surface area contributed by atoms with Crippen LogP contribution in [0.4, 0.5) is 0 Å². The van der Waals surface area contributed by atoms with E-state index in [-0.39, 0.29) is 45.1 Å². The smallest absolute Gasteiger partial charge is 0.271 e. The Morgan fingerprint density at radius 2 is 0.870 bits per heavy atom. The van der Waals surface area contributed by atoms with Gasteiger partial charge in [0.15, 0.2) is 0 Å². The van der Waals surface area contributed by atoms with E-state index in [2.05, 4.69) is 27.7 Å². The van der Waals surface area contributed by atoms with E-state index >= 15 is 24.0 Å². The fourth-order valence-electron chi connectivity index (χ4n) is 12.2. The van der Waals surface area contributed by atoms with Gasteiger partial charge in [0, 0.05) is 33.6 Å². The fraction of sp³-hybridized carbons (Fsp3) is 0.448. The predicted octanol–water partition coefficient (Wildman–Crippen LogP) is 12.4. The molecule has 4 aromatic heterocycles. The van der Waals surface area contributed by atoms with Crippen LogP contribution < -0.4 is 33.6 Å². The number of nitrogens with zero attached hydrogens (tertiary/aromatic N) is 5. The van der Waals surface area contributed by atoms with Crippen molar-refractivity contribution in [3.8, 4) is 5.69 Å². The van der Waals surface area contributed by atoms with Gasteiger partial charge in [-0.25, -0.2) is 14.2 Å². The first-order valence-electron chi connectivity index (χ1n) is 26.3. The topological polar surface area (TPSA) is 126 Å². The molecule has 0 saturated carbocycles. The maximum atomic E-state index is 15.6. The first kappa shape index (κ1) is 46.4. The first-order chi connectivity index (χ1) is 33.7. The summed E-state index contributed by atoms with van der Waals surface area (Å²) in [4.78, 5) is 91.3. The summed E-state index contributed by atoms with van der Waals surface area (Å²) in [6.07, 6.45) is 19.1. The van der Waals surface area contributed by atoms with Crippen LogP contribution in [0.3, 0.4) is 0 Å². The van der Waals surface area contributed by atoms with E-state index in [1.54, 1.807) is 30.3 Å². The van der Waals surface area contributed by atoms with Gasteiger partial charge in [-0.05, 0) is 71.5 Å². The molecule has 0 aliphatic rings. The number of benzene rings is 6. The molecular formula is C58H65N5O6. The summed E-state index contributed by atoms with van der Waals surface area (Å²) in [5.41, 5.74) is -1.76. The van der Waals surface area contributed by atoms with Crippen molar-refractivity contribution in [2.75, 3.05) is 0 Å². The highest BCUT2D eigenvalue weighted by Gasteiger charge is 2.33. The van der Waals surface area contributed by atoms with Crippen LogP contribution in [0.1, 0.15) is 168 Å². The number of hydrogen-bond acceptors (Lipinski definition) is 6. The average molecular weight is 928 g/mol. The molecule has 10 rings (SSSR count). The van der Waals surface area contributed by atoms with Crippen molar-refractivity contribution in [3.05, 3.63) is 129 Å². The molecule has 0 atom stereocenters. The summed E-state index contributed by atoms with van der Waals surface area (Å²) in [6.45, 7) is 8.69. The van der Waals surface area contributed by atoms with Crippen molar-refractivity contribution in [2.45, 2.75) is 168 Å². The minimum Gasteiger partial charge on any atom is -0.271 e. The molecule has 358 valence electrons. The Morgan fingerprint density at radius 3 is 1.45 bits per heavy atom. The Hall–Kier alpha value is -6.36.